The predicted molar refractivity (Wildman–Crippen MR) is 126 cm³/mol. The molecule has 2 fully saturated rings. The number of rotatable bonds is 7. The van der Waals surface area contributed by atoms with Crippen LogP contribution in [0.2, 0.25) is 0 Å². The molecule has 0 radical (unpaired) electrons. The highest BCUT2D eigenvalue weighted by molar-refractivity contribution is 7.20. The lowest BCUT2D eigenvalue weighted by molar-refractivity contribution is -0.172. The van der Waals surface area contributed by atoms with Crippen LogP contribution >= 0.6 is 11.3 Å². The molecule has 2 aromatic heterocycles. The summed E-state index contributed by atoms with van der Waals surface area (Å²) in [5.74, 6) is -1.29. The number of anilines is 2. The number of ether oxygens (including phenoxy) is 1. The normalized spacial score (nSPS) is 18.0. The van der Waals surface area contributed by atoms with Gasteiger partial charge in [0.05, 0.1) is 5.39 Å². The third-order valence-electron chi connectivity index (χ3n) is 6.26. The van der Waals surface area contributed by atoms with Crippen LogP contribution in [0.15, 0.2) is 24.5 Å². The molecule has 2 saturated heterocycles. The topological polar surface area (TPSA) is 111 Å². The number of hydroxylamine groups is 2. The minimum atomic E-state index is -0.804. The van der Waals surface area contributed by atoms with Crippen LogP contribution in [-0.4, -0.2) is 46.0 Å². The fourth-order valence-corrected chi connectivity index (χ4v) is 5.35. The highest BCUT2D eigenvalue weighted by Crippen LogP contribution is 2.36. The fraction of sp³-hybridized carbons (Fsp3) is 0.375. The number of nitrogens with one attached hydrogen (secondary N) is 1. The molecule has 1 atom stereocenters. The molecule has 2 amide bonds. The van der Waals surface area contributed by atoms with Gasteiger partial charge in [0.25, 0.3) is 11.8 Å². The molecule has 2 aliphatic rings. The molecule has 0 saturated carbocycles. The number of hydrogen-bond acceptors (Lipinski definition) is 9. The number of carbonyl (C=O) groups is 3. The van der Waals surface area contributed by atoms with Gasteiger partial charge in [0.15, 0.2) is 0 Å². The Balaban J connectivity index is 1.42. The van der Waals surface area contributed by atoms with Gasteiger partial charge >= 0.3 is 5.97 Å². The zero-order chi connectivity index (χ0) is 24.5. The molecule has 0 unspecified atom stereocenters. The van der Waals surface area contributed by atoms with Crippen molar-refractivity contribution >= 4 is 50.8 Å². The van der Waals surface area contributed by atoms with Crippen LogP contribution in [0, 0.1) is 18.7 Å². The van der Waals surface area contributed by atoms with Crippen molar-refractivity contribution < 1.29 is 28.3 Å². The Morgan fingerprint density at radius 3 is 2.83 bits per heavy atom. The van der Waals surface area contributed by atoms with E-state index >= 15 is 0 Å². The van der Waals surface area contributed by atoms with E-state index in [-0.39, 0.29) is 23.5 Å². The second-order valence-electron chi connectivity index (χ2n) is 8.61. The van der Waals surface area contributed by atoms with Crippen LogP contribution in [0.25, 0.3) is 10.2 Å². The summed E-state index contributed by atoms with van der Waals surface area (Å²) in [6.07, 6.45) is 3.99. The fourth-order valence-electron chi connectivity index (χ4n) is 4.33. The van der Waals surface area contributed by atoms with E-state index in [0.717, 1.165) is 43.0 Å². The van der Waals surface area contributed by atoms with Crippen molar-refractivity contribution in [2.24, 2.45) is 5.92 Å². The molecule has 11 heteroatoms. The van der Waals surface area contributed by atoms with Gasteiger partial charge < -0.3 is 14.9 Å². The van der Waals surface area contributed by atoms with Gasteiger partial charge in [-0.25, -0.2) is 19.2 Å². The molecule has 35 heavy (non-hydrogen) atoms. The molecular weight excluding hydrogens is 475 g/mol. The quantitative estimate of drug-likeness (QED) is 0.486. The summed E-state index contributed by atoms with van der Waals surface area (Å²) in [7, 11) is 0. The summed E-state index contributed by atoms with van der Waals surface area (Å²) < 4.78 is 19.5. The number of thiophene rings is 1. The molecule has 0 spiro atoms. The third kappa shape index (κ3) is 4.73. The van der Waals surface area contributed by atoms with Crippen LogP contribution < -0.4 is 5.32 Å². The first kappa shape index (κ1) is 23.3. The number of amides is 2. The first-order valence-electron chi connectivity index (χ1n) is 11.4. The van der Waals surface area contributed by atoms with Gasteiger partial charge in [-0.05, 0) is 61.4 Å². The molecule has 0 bridgehead atoms. The van der Waals surface area contributed by atoms with E-state index in [0.29, 0.717) is 44.7 Å². The highest BCUT2D eigenvalue weighted by Gasteiger charge is 2.34. The maximum absolute atomic E-state index is 14.0. The van der Waals surface area contributed by atoms with Crippen molar-refractivity contribution in [2.45, 2.75) is 39.0 Å². The van der Waals surface area contributed by atoms with E-state index in [9.17, 15) is 18.8 Å². The summed E-state index contributed by atoms with van der Waals surface area (Å²) in [6.45, 7) is 3.22. The number of benzene rings is 1. The van der Waals surface area contributed by atoms with E-state index in [1.807, 2.05) is 0 Å². The molecule has 3 aromatic rings. The molecule has 182 valence electrons. The number of fused-ring (bicyclic) bond motifs is 1. The summed E-state index contributed by atoms with van der Waals surface area (Å²) >= 11 is 1.09. The maximum Gasteiger partial charge on any atom is 0.374 e. The third-order valence-corrected chi connectivity index (χ3v) is 7.44. The maximum atomic E-state index is 14.0. The monoisotopic (exact) mass is 498 g/mol. The van der Waals surface area contributed by atoms with Crippen molar-refractivity contribution in [3.63, 3.8) is 0 Å². The predicted octanol–water partition coefficient (Wildman–Crippen LogP) is 4.07. The summed E-state index contributed by atoms with van der Waals surface area (Å²) in [5.41, 5.74) is 2.10. The second-order valence-corrected chi connectivity index (χ2v) is 9.61. The Bertz CT molecular complexity index is 1300. The van der Waals surface area contributed by atoms with Crippen LogP contribution in [0.1, 0.15) is 46.5 Å². The van der Waals surface area contributed by atoms with Crippen molar-refractivity contribution in [1.82, 2.24) is 15.0 Å². The number of hydrogen-bond donors (Lipinski definition) is 1. The van der Waals surface area contributed by atoms with Crippen molar-refractivity contribution in [2.75, 3.05) is 18.5 Å². The number of imide groups is 1. The van der Waals surface area contributed by atoms with Gasteiger partial charge in [0.2, 0.25) is 0 Å². The van der Waals surface area contributed by atoms with Gasteiger partial charge in [-0.1, -0.05) is 0 Å². The van der Waals surface area contributed by atoms with Gasteiger partial charge in [0.1, 0.15) is 27.7 Å². The van der Waals surface area contributed by atoms with E-state index in [1.165, 1.54) is 18.5 Å². The number of nitrogens with zero attached hydrogens (tertiary/aromatic N) is 3. The first-order valence-corrected chi connectivity index (χ1v) is 12.2. The van der Waals surface area contributed by atoms with E-state index in [1.54, 1.807) is 13.0 Å². The number of carbonyl (C=O) groups excluding carboxylic acids is 3. The van der Waals surface area contributed by atoms with Gasteiger partial charge in [-0.2, -0.15) is 0 Å². The lowest BCUT2D eigenvalue weighted by Crippen LogP contribution is -2.31. The van der Waals surface area contributed by atoms with Gasteiger partial charge in [-0.15, -0.1) is 16.4 Å². The van der Waals surface area contributed by atoms with E-state index < -0.39 is 17.8 Å². The number of halogens is 1. The summed E-state index contributed by atoms with van der Waals surface area (Å²) in [4.78, 5) is 50.9. The summed E-state index contributed by atoms with van der Waals surface area (Å²) in [6, 6.07) is 4.57. The lowest BCUT2D eigenvalue weighted by Gasteiger charge is -2.14. The van der Waals surface area contributed by atoms with Crippen molar-refractivity contribution in [3.8, 4) is 0 Å². The molecule has 1 N–H and O–H groups in total. The molecule has 2 aliphatic heterocycles. The SMILES string of the molecule is Cc1c(C(=O)ON2C(=O)CCC2=O)sc2ncnc(Nc3ccc(F)cc3CC[C@H]3CCOC3)c12. The van der Waals surface area contributed by atoms with Crippen LogP contribution in [0.3, 0.4) is 0 Å². The lowest BCUT2D eigenvalue weighted by atomic mass is 9.98. The van der Waals surface area contributed by atoms with E-state index in [4.69, 9.17) is 9.57 Å². The Hall–Kier alpha value is -3.44. The van der Waals surface area contributed by atoms with Crippen molar-refractivity contribution in [1.29, 1.82) is 0 Å². The molecular formula is C24H23FN4O5S. The van der Waals surface area contributed by atoms with Crippen molar-refractivity contribution in [3.05, 3.63) is 46.3 Å². The molecule has 5 rings (SSSR count). The van der Waals surface area contributed by atoms with Gasteiger partial charge in [-0.3, -0.25) is 9.59 Å². The first-order chi connectivity index (χ1) is 16.9. The Morgan fingerprint density at radius 1 is 1.29 bits per heavy atom. The largest absolute Gasteiger partial charge is 0.381 e. The van der Waals surface area contributed by atoms with E-state index in [2.05, 4.69) is 15.3 Å². The molecule has 0 aliphatic carbocycles. The number of aromatic nitrogens is 2. The summed E-state index contributed by atoms with van der Waals surface area (Å²) in [5, 5.41) is 4.42. The minimum Gasteiger partial charge on any atom is -0.381 e. The Labute approximate surface area is 204 Å². The smallest absolute Gasteiger partial charge is 0.374 e. The Morgan fingerprint density at radius 2 is 2.09 bits per heavy atom. The minimum absolute atomic E-state index is 0.0187. The zero-order valence-corrected chi connectivity index (χ0v) is 19.8. The van der Waals surface area contributed by atoms with Crippen LogP contribution in [0.5, 0.6) is 0 Å². The highest BCUT2D eigenvalue weighted by atomic mass is 32.1. The standard InChI is InChI=1S/C24H23FN4O5S/c1-13-20-22(28-17-5-4-16(25)10-15(17)3-2-14-8-9-33-11-14)26-12-27-23(20)35-21(13)24(32)34-29-18(30)6-7-19(29)31/h4-5,10,12,14H,2-3,6-9,11H2,1H3,(H,26,27,28)/t14-/m0/s1. The average molecular weight is 499 g/mol. The van der Waals surface area contributed by atoms with Crippen LogP contribution in [-0.2, 0) is 25.6 Å². The molecule has 4 heterocycles. The van der Waals surface area contributed by atoms with Gasteiger partial charge in [0, 0.05) is 31.7 Å². The molecule has 9 nitrogen and oxygen atoms in total. The number of aryl methyl sites for hydroxylation is 2. The average Bonchev–Trinajstić information content (AvgIpc) is 3.56. The second kappa shape index (κ2) is 9.67. The Kier molecular flexibility index (Phi) is 6.44. The zero-order valence-electron chi connectivity index (χ0n) is 19.0. The van der Waals surface area contributed by atoms with Crippen LogP contribution in [0.4, 0.5) is 15.9 Å². The molecule has 1 aromatic carbocycles.